The molecule has 2 aliphatic rings. The van der Waals surface area contributed by atoms with E-state index in [0.717, 1.165) is 48.4 Å². The van der Waals surface area contributed by atoms with E-state index in [9.17, 15) is 0 Å². The first-order valence-corrected chi connectivity index (χ1v) is 10.6. The maximum atomic E-state index is 6.52. The summed E-state index contributed by atoms with van der Waals surface area (Å²) in [4.78, 5) is 0. The fourth-order valence-electron chi connectivity index (χ4n) is 4.48. The summed E-state index contributed by atoms with van der Waals surface area (Å²) in [6, 6.07) is 10.4. The fraction of sp³-hybridized carbons (Fsp3) is 0.500. The zero-order valence-corrected chi connectivity index (χ0v) is 17.6. The highest BCUT2D eigenvalue weighted by molar-refractivity contribution is 5.67. The molecule has 5 nitrogen and oxygen atoms in total. The van der Waals surface area contributed by atoms with E-state index in [1.807, 2.05) is 19.1 Å². The molecule has 0 saturated carbocycles. The van der Waals surface area contributed by atoms with E-state index in [-0.39, 0.29) is 18.3 Å². The summed E-state index contributed by atoms with van der Waals surface area (Å²) < 4.78 is 23.5. The molecule has 2 aromatic carbocycles. The molecule has 0 bridgehead atoms. The summed E-state index contributed by atoms with van der Waals surface area (Å²) in [5, 5.41) is 0. The van der Waals surface area contributed by atoms with Crippen molar-refractivity contribution in [2.24, 2.45) is 0 Å². The van der Waals surface area contributed by atoms with Gasteiger partial charge in [-0.15, -0.1) is 0 Å². The SMILES string of the molecule is CCOc1ccc(Cc2cc(C3C[C@@H](OC)C[C@@H](C)O3)c3c(c2N)OCC3)cc1. The van der Waals surface area contributed by atoms with Crippen LogP contribution in [0.25, 0.3) is 0 Å². The molecule has 3 atom stereocenters. The van der Waals surface area contributed by atoms with Crippen molar-refractivity contribution in [3.8, 4) is 11.5 Å². The summed E-state index contributed by atoms with van der Waals surface area (Å²) in [6.45, 7) is 5.45. The van der Waals surface area contributed by atoms with Gasteiger partial charge in [-0.2, -0.15) is 0 Å². The molecule has 2 aliphatic heterocycles. The van der Waals surface area contributed by atoms with E-state index in [1.165, 1.54) is 16.7 Å². The van der Waals surface area contributed by atoms with E-state index in [0.29, 0.717) is 13.2 Å². The first kappa shape index (κ1) is 20.0. The monoisotopic (exact) mass is 397 g/mol. The van der Waals surface area contributed by atoms with Gasteiger partial charge >= 0.3 is 0 Å². The van der Waals surface area contributed by atoms with Gasteiger partial charge < -0.3 is 24.7 Å². The van der Waals surface area contributed by atoms with Gasteiger partial charge in [0.25, 0.3) is 0 Å². The van der Waals surface area contributed by atoms with Crippen LogP contribution >= 0.6 is 0 Å². The summed E-state index contributed by atoms with van der Waals surface area (Å²) >= 11 is 0. The fourth-order valence-corrected chi connectivity index (χ4v) is 4.48. The van der Waals surface area contributed by atoms with Crippen LogP contribution in [-0.2, 0) is 22.3 Å². The van der Waals surface area contributed by atoms with Crippen molar-refractivity contribution in [2.75, 3.05) is 26.1 Å². The Hall–Kier alpha value is -2.24. The third kappa shape index (κ3) is 4.21. The quantitative estimate of drug-likeness (QED) is 0.730. The van der Waals surface area contributed by atoms with Crippen LogP contribution in [0, 0.1) is 0 Å². The predicted molar refractivity (Wildman–Crippen MR) is 114 cm³/mol. The summed E-state index contributed by atoms with van der Waals surface area (Å²) in [7, 11) is 1.79. The Morgan fingerprint density at radius 3 is 2.69 bits per heavy atom. The molecule has 0 amide bonds. The molecule has 4 rings (SSSR count). The van der Waals surface area contributed by atoms with Crippen molar-refractivity contribution in [1.82, 2.24) is 0 Å². The standard InChI is InChI=1S/C24H31NO4/c1-4-27-18-7-5-16(6-8-18)12-17-13-21(20-9-10-28-24(20)23(17)25)22-14-19(26-3)11-15(2)29-22/h5-8,13,15,19,22H,4,9-12,14,25H2,1-3H3/t15-,19+,22?/m1/s1. The van der Waals surface area contributed by atoms with Gasteiger partial charge in [0.1, 0.15) is 11.5 Å². The molecular weight excluding hydrogens is 366 g/mol. The lowest BCUT2D eigenvalue weighted by Crippen LogP contribution is -2.31. The van der Waals surface area contributed by atoms with Crippen LogP contribution in [0.4, 0.5) is 5.69 Å². The summed E-state index contributed by atoms with van der Waals surface area (Å²) in [6.07, 6.45) is 3.82. The van der Waals surface area contributed by atoms with Gasteiger partial charge in [0.2, 0.25) is 0 Å². The first-order valence-electron chi connectivity index (χ1n) is 10.6. The minimum atomic E-state index is 0.0128. The van der Waals surface area contributed by atoms with E-state index in [2.05, 4.69) is 25.1 Å². The molecule has 5 heteroatoms. The molecule has 29 heavy (non-hydrogen) atoms. The largest absolute Gasteiger partial charge is 0.494 e. The minimum Gasteiger partial charge on any atom is -0.494 e. The number of ether oxygens (including phenoxy) is 4. The van der Waals surface area contributed by atoms with Crippen molar-refractivity contribution in [3.05, 3.63) is 52.6 Å². The van der Waals surface area contributed by atoms with Crippen LogP contribution in [-0.4, -0.2) is 32.5 Å². The Morgan fingerprint density at radius 2 is 1.97 bits per heavy atom. The van der Waals surface area contributed by atoms with E-state index in [4.69, 9.17) is 24.7 Å². The van der Waals surface area contributed by atoms with Gasteiger partial charge in [-0.25, -0.2) is 0 Å². The maximum Gasteiger partial charge on any atom is 0.146 e. The van der Waals surface area contributed by atoms with Crippen molar-refractivity contribution < 1.29 is 18.9 Å². The van der Waals surface area contributed by atoms with E-state index in [1.54, 1.807) is 7.11 Å². The Balaban J connectivity index is 1.65. The van der Waals surface area contributed by atoms with Gasteiger partial charge in [-0.1, -0.05) is 18.2 Å². The number of nitrogen functional groups attached to an aromatic ring is 1. The number of methoxy groups -OCH3 is 1. The molecule has 0 aliphatic carbocycles. The highest BCUT2D eigenvalue weighted by Gasteiger charge is 2.33. The molecule has 0 spiro atoms. The van der Waals surface area contributed by atoms with Crippen LogP contribution in [0.15, 0.2) is 30.3 Å². The number of fused-ring (bicyclic) bond motifs is 1. The first-order chi connectivity index (χ1) is 14.1. The lowest BCUT2D eigenvalue weighted by Gasteiger charge is -2.34. The highest BCUT2D eigenvalue weighted by Crippen LogP contribution is 2.44. The van der Waals surface area contributed by atoms with Crippen LogP contribution in [0.5, 0.6) is 11.5 Å². The van der Waals surface area contributed by atoms with Gasteiger partial charge in [0.05, 0.1) is 37.2 Å². The van der Waals surface area contributed by atoms with E-state index >= 15 is 0 Å². The smallest absolute Gasteiger partial charge is 0.146 e. The van der Waals surface area contributed by atoms with Crippen molar-refractivity contribution in [3.63, 3.8) is 0 Å². The van der Waals surface area contributed by atoms with Crippen molar-refractivity contribution in [1.29, 1.82) is 0 Å². The topological polar surface area (TPSA) is 62.9 Å². The molecule has 2 heterocycles. The number of benzene rings is 2. The van der Waals surface area contributed by atoms with Crippen molar-refractivity contribution in [2.45, 2.75) is 57.8 Å². The van der Waals surface area contributed by atoms with Crippen LogP contribution in [0.1, 0.15) is 55.0 Å². The third-order valence-electron chi connectivity index (χ3n) is 5.92. The molecule has 1 saturated heterocycles. The Labute approximate surface area is 173 Å². The third-order valence-corrected chi connectivity index (χ3v) is 5.92. The van der Waals surface area contributed by atoms with Gasteiger partial charge in [0, 0.05) is 25.5 Å². The Bertz CT molecular complexity index is 849. The molecule has 0 aromatic heterocycles. The zero-order valence-electron chi connectivity index (χ0n) is 17.6. The number of anilines is 1. The minimum absolute atomic E-state index is 0.0128. The molecule has 2 N–H and O–H groups in total. The molecule has 156 valence electrons. The summed E-state index contributed by atoms with van der Waals surface area (Å²) in [5.74, 6) is 1.73. The highest BCUT2D eigenvalue weighted by atomic mass is 16.5. The van der Waals surface area contributed by atoms with Gasteiger partial charge in [-0.3, -0.25) is 0 Å². The van der Waals surface area contributed by atoms with Crippen LogP contribution in [0.3, 0.4) is 0 Å². The van der Waals surface area contributed by atoms with Crippen LogP contribution in [0.2, 0.25) is 0 Å². The predicted octanol–water partition coefficient (Wildman–Crippen LogP) is 4.45. The molecule has 1 fully saturated rings. The van der Waals surface area contributed by atoms with Gasteiger partial charge in [-0.05, 0) is 55.5 Å². The number of hydrogen-bond acceptors (Lipinski definition) is 5. The normalized spacial score (nSPS) is 23.5. The second kappa shape index (κ2) is 8.64. The molecular formula is C24H31NO4. The second-order valence-electron chi connectivity index (χ2n) is 7.96. The molecule has 2 aromatic rings. The Morgan fingerprint density at radius 1 is 1.17 bits per heavy atom. The Kier molecular flexibility index (Phi) is 5.97. The van der Waals surface area contributed by atoms with Crippen LogP contribution < -0.4 is 15.2 Å². The average molecular weight is 398 g/mol. The zero-order chi connectivity index (χ0) is 20.4. The van der Waals surface area contributed by atoms with E-state index < -0.39 is 0 Å². The van der Waals surface area contributed by atoms with Crippen molar-refractivity contribution >= 4 is 5.69 Å². The number of hydrogen-bond donors (Lipinski definition) is 1. The second-order valence-corrected chi connectivity index (χ2v) is 7.96. The lowest BCUT2D eigenvalue weighted by molar-refractivity contribution is -0.100. The molecule has 0 radical (unpaired) electrons. The van der Waals surface area contributed by atoms with Gasteiger partial charge in [0.15, 0.2) is 0 Å². The number of nitrogens with two attached hydrogens (primary N) is 1. The number of rotatable bonds is 6. The lowest BCUT2D eigenvalue weighted by atomic mass is 9.89. The average Bonchev–Trinajstić information content (AvgIpc) is 3.21. The maximum absolute atomic E-state index is 6.52. The summed E-state index contributed by atoms with van der Waals surface area (Å²) in [5.41, 5.74) is 12.0. The molecule has 1 unspecified atom stereocenters.